The zero-order chi connectivity index (χ0) is 23.0. The predicted molar refractivity (Wildman–Crippen MR) is 137 cm³/mol. The lowest BCUT2D eigenvalue weighted by Crippen LogP contribution is -2.22. The molecule has 0 atom stereocenters. The van der Waals surface area contributed by atoms with Gasteiger partial charge in [-0.2, -0.15) is 0 Å². The maximum atomic E-state index is 13.6. The Balaban J connectivity index is 1.18. The first-order valence-corrected chi connectivity index (χ1v) is 15.6. The van der Waals surface area contributed by atoms with Gasteiger partial charge in [0.15, 0.2) is 11.6 Å². The fourth-order valence-electron chi connectivity index (χ4n) is 6.20. The van der Waals surface area contributed by atoms with Crippen LogP contribution in [0.1, 0.15) is 69.3 Å². The number of hydrogen-bond acceptors (Lipinski definition) is 1. The molecule has 0 radical (unpaired) electrons. The fourth-order valence-corrected chi connectivity index (χ4v) is 9.70. The summed E-state index contributed by atoms with van der Waals surface area (Å²) in [5.41, 5.74) is 3.08. The molecule has 0 unspecified atom stereocenters. The summed E-state index contributed by atoms with van der Waals surface area (Å²) in [4.78, 5) is 0. The zero-order valence-corrected chi connectivity index (χ0v) is 21.4. The maximum absolute atomic E-state index is 13.6. The molecule has 0 aromatic heterocycles. The summed E-state index contributed by atoms with van der Waals surface area (Å²) in [6.07, 6.45) is 12.5. The van der Waals surface area contributed by atoms with E-state index in [1.807, 2.05) is 7.11 Å². The topological polar surface area (TPSA) is 9.23 Å². The van der Waals surface area contributed by atoms with Crippen molar-refractivity contribution in [1.82, 2.24) is 0 Å². The van der Waals surface area contributed by atoms with Crippen LogP contribution in [0.5, 0.6) is 0 Å². The summed E-state index contributed by atoms with van der Waals surface area (Å²) in [5.74, 6) is 0.984. The lowest BCUT2D eigenvalue weighted by atomic mass is 9.76. The Morgan fingerprint density at radius 2 is 1.42 bits per heavy atom. The normalized spacial score (nSPS) is 25.8. The van der Waals surface area contributed by atoms with Gasteiger partial charge in [-0.1, -0.05) is 74.1 Å². The van der Waals surface area contributed by atoms with Crippen molar-refractivity contribution >= 4 is 8.80 Å². The number of hydrogen-bond donors (Lipinski definition) is 0. The Morgan fingerprint density at radius 1 is 0.788 bits per heavy atom. The second-order valence-corrected chi connectivity index (χ2v) is 14.0. The molecule has 4 rings (SSSR count). The molecule has 1 nitrogen and oxygen atoms in total. The highest BCUT2D eigenvalue weighted by atomic mass is 28.3. The minimum atomic E-state index is -0.792. The van der Waals surface area contributed by atoms with Crippen molar-refractivity contribution in [1.29, 1.82) is 0 Å². The molecule has 0 bridgehead atoms. The summed E-state index contributed by atoms with van der Waals surface area (Å²) >= 11 is 0. The monoisotopic (exact) mass is 470 g/mol. The van der Waals surface area contributed by atoms with Crippen molar-refractivity contribution in [3.05, 3.63) is 59.7 Å². The average Bonchev–Trinajstić information content (AvgIpc) is 2.86. The first-order valence-electron chi connectivity index (χ1n) is 13.2. The minimum absolute atomic E-state index is 0.443. The van der Waals surface area contributed by atoms with Crippen LogP contribution in [0.2, 0.25) is 18.1 Å². The van der Waals surface area contributed by atoms with Crippen molar-refractivity contribution in [2.75, 3.05) is 13.7 Å². The van der Waals surface area contributed by atoms with E-state index in [2.05, 4.69) is 24.3 Å². The standard InChI is InChI=1S/C29H40F2OSi/c1-32-17-2-18-33-19-15-23(16-20-33)4-3-22-5-7-24(8-6-22)25-9-11-26(12-10-25)27-13-14-28(30)29(31)21-27/h9-14,21-24,33H,2-8,15-20H2,1H3. The lowest BCUT2D eigenvalue weighted by Gasteiger charge is -2.32. The van der Waals surface area contributed by atoms with Gasteiger partial charge in [0, 0.05) is 22.5 Å². The van der Waals surface area contributed by atoms with Crippen LogP contribution in [0.15, 0.2) is 42.5 Å². The van der Waals surface area contributed by atoms with Crippen LogP contribution in [-0.4, -0.2) is 22.5 Å². The molecule has 2 fully saturated rings. The van der Waals surface area contributed by atoms with Gasteiger partial charge < -0.3 is 4.74 Å². The Bertz CT molecular complexity index is 852. The fraction of sp³-hybridized carbons (Fsp3) is 0.586. The van der Waals surface area contributed by atoms with Gasteiger partial charge in [-0.25, -0.2) is 8.78 Å². The SMILES string of the molecule is COCCC[SiH]1CCC(CCC2CCC(c3ccc(-c4ccc(F)c(F)c4)cc3)CC2)CC1. The lowest BCUT2D eigenvalue weighted by molar-refractivity contribution is 0.199. The van der Waals surface area contributed by atoms with E-state index in [-0.39, 0.29) is 0 Å². The molecule has 0 spiro atoms. The van der Waals surface area contributed by atoms with Crippen LogP contribution in [0, 0.1) is 23.5 Å². The third-order valence-electron chi connectivity index (χ3n) is 8.39. The van der Waals surface area contributed by atoms with Crippen molar-refractivity contribution in [2.45, 2.75) is 81.8 Å². The van der Waals surface area contributed by atoms with E-state index in [1.54, 1.807) is 18.2 Å². The smallest absolute Gasteiger partial charge is 0.159 e. The first kappa shape index (κ1) is 24.6. The number of methoxy groups -OCH3 is 1. The Hall–Kier alpha value is -1.52. The third-order valence-corrected chi connectivity index (χ3v) is 11.9. The van der Waals surface area contributed by atoms with Gasteiger partial charge in [0.25, 0.3) is 0 Å². The molecule has 0 N–H and O–H groups in total. The number of benzene rings is 2. The van der Waals surface area contributed by atoms with E-state index in [4.69, 9.17) is 4.74 Å². The van der Waals surface area contributed by atoms with E-state index in [9.17, 15) is 8.78 Å². The van der Waals surface area contributed by atoms with Crippen LogP contribution in [0.3, 0.4) is 0 Å². The summed E-state index contributed by atoms with van der Waals surface area (Å²) in [5, 5.41) is 0. The number of ether oxygens (including phenoxy) is 1. The summed E-state index contributed by atoms with van der Waals surface area (Å²) in [6.45, 7) is 0.952. The van der Waals surface area contributed by atoms with Crippen molar-refractivity contribution in [2.24, 2.45) is 11.8 Å². The summed E-state index contributed by atoms with van der Waals surface area (Å²) in [7, 11) is 1.38. The van der Waals surface area contributed by atoms with Gasteiger partial charge in [0.05, 0.1) is 0 Å². The van der Waals surface area contributed by atoms with Crippen LogP contribution in [0.25, 0.3) is 11.1 Å². The molecular formula is C29H40F2OSi. The number of rotatable bonds is 9. The van der Waals surface area contributed by atoms with Gasteiger partial charge in [-0.15, -0.1) is 0 Å². The van der Waals surface area contributed by atoms with Gasteiger partial charge in [0.2, 0.25) is 0 Å². The van der Waals surface area contributed by atoms with Crippen LogP contribution in [-0.2, 0) is 4.74 Å². The van der Waals surface area contributed by atoms with Crippen molar-refractivity contribution < 1.29 is 13.5 Å². The average molecular weight is 471 g/mol. The summed E-state index contributed by atoms with van der Waals surface area (Å²) < 4.78 is 32.0. The molecule has 4 heteroatoms. The molecule has 1 aliphatic heterocycles. The molecule has 33 heavy (non-hydrogen) atoms. The van der Waals surface area contributed by atoms with Crippen LogP contribution in [0.4, 0.5) is 8.78 Å². The molecule has 1 heterocycles. The third kappa shape index (κ3) is 6.99. The van der Waals surface area contributed by atoms with E-state index < -0.39 is 20.4 Å². The molecule has 0 amide bonds. The Kier molecular flexibility index (Phi) is 9.14. The van der Waals surface area contributed by atoms with E-state index in [0.717, 1.165) is 29.6 Å². The first-order chi connectivity index (χ1) is 16.1. The minimum Gasteiger partial charge on any atom is -0.385 e. The van der Waals surface area contributed by atoms with E-state index in [0.29, 0.717) is 5.92 Å². The summed E-state index contributed by atoms with van der Waals surface area (Å²) in [6, 6.07) is 17.3. The second kappa shape index (κ2) is 12.3. The molecule has 1 saturated carbocycles. The largest absolute Gasteiger partial charge is 0.385 e. The van der Waals surface area contributed by atoms with E-state index >= 15 is 0 Å². The zero-order valence-electron chi connectivity index (χ0n) is 20.2. The molecule has 1 aliphatic carbocycles. The van der Waals surface area contributed by atoms with Crippen molar-refractivity contribution in [3.63, 3.8) is 0 Å². The highest BCUT2D eigenvalue weighted by Crippen LogP contribution is 2.40. The molecule has 1 saturated heterocycles. The highest BCUT2D eigenvalue weighted by Gasteiger charge is 2.25. The molecule has 180 valence electrons. The van der Waals surface area contributed by atoms with Gasteiger partial charge in [-0.05, 0) is 78.7 Å². The van der Waals surface area contributed by atoms with Gasteiger partial charge in [0.1, 0.15) is 0 Å². The van der Waals surface area contributed by atoms with Gasteiger partial charge in [-0.3, -0.25) is 0 Å². The quantitative estimate of drug-likeness (QED) is 0.264. The highest BCUT2D eigenvalue weighted by molar-refractivity contribution is 6.58. The number of halogens is 2. The maximum Gasteiger partial charge on any atom is 0.159 e. The molecule has 2 aromatic rings. The van der Waals surface area contributed by atoms with Crippen LogP contribution < -0.4 is 0 Å². The predicted octanol–water partition coefficient (Wildman–Crippen LogP) is 8.36. The van der Waals surface area contributed by atoms with Gasteiger partial charge >= 0.3 is 0 Å². The molecule has 2 aromatic carbocycles. The Labute approximate surface area is 200 Å². The molecule has 2 aliphatic rings. The molecular weight excluding hydrogens is 430 g/mol. The van der Waals surface area contributed by atoms with Crippen LogP contribution >= 0.6 is 0 Å². The second-order valence-electron chi connectivity index (χ2n) is 10.6. The van der Waals surface area contributed by atoms with E-state index in [1.165, 1.54) is 81.5 Å². The Morgan fingerprint density at radius 3 is 2.06 bits per heavy atom. The van der Waals surface area contributed by atoms with Crippen molar-refractivity contribution in [3.8, 4) is 11.1 Å².